The van der Waals surface area contributed by atoms with E-state index in [1.807, 2.05) is 35.2 Å². The number of rotatable bonds is 6. The fraction of sp³-hybridized carbons (Fsp3) is 0.538. The second-order valence-corrected chi connectivity index (χ2v) is 4.51. The Labute approximate surface area is 95.1 Å². The number of hydrogen-bond donors (Lipinski definition) is 0. The van der Waals surface area contributed by atoms with Crippen LogP contribution in [-0.2, 0) is 6.54 Å². The van der Waals surface area contributed by atoms with E-state index in [1.165, 1.54) is 12.8 Å². The van der Waals surface area contributed by atoms with Crippen molar-refractivity contribution >= 4 is 0 Å². The highest BCUT2D eigenvalue weighted by atomic mass is 19.3. The van der Waals surface area contributed by atoms with E-state index in [2.05, 4.69) is 0 Å². The molecule has 1 aliphatic carbocycles. The highest BCUT2D eigenvalue weighted by Gasteiger charge is 2.25. The summed E-state index contributed by atoms with van der Waals surface area (Å²) in [5, 5.41) is 0. The number of hydrogen-bond acceptors (Lipinski definition) is 1. The summed E-state index contributed by atoms with van der Waals surface area (Å²) in [7, 11) is 0. The van der Waals surface area contributed by atoms with Gasteiger partial charge in [-0.3, -0.25) is 4.90 Å². The molecule has 3 heteroatoms. The molecule has 0 unspecified atom stereocenters. The van der Waals surface area contributed by atoms with E-state index in [4.69, 9.17) is 0 Å². The van der Waals surface area contributed by atoms with Crippen LogP contribution in [0.5, 0.6) is 0 Å². The van der Waals surface area contributed by atoms with Crippen molar-refractivity contribution in [1.29, 1.82) is 0 Å². The summed E-state index contributed by atoms with van der Waals surface area (Å²) in [6, 6.07) is 9.83. The van der Waals surface area contributed by atoms with Gasteiger partial charge in [0.05, 0.1) is 6.54 Å². The normalized spacial score (nSPS) is 16.0. The lowest BCUT2D eigenvalue weighted by atomic mass is 10.2. The first kappa shape index (κ1) is 11.5. The van der Waals surface area contributed by atoms with Gasteiger partial charge in [-0.15, -0.1) is 0 Å². The molecule has 0 aromatic heterocycles. The molecule has 0 amide bonds. The quantitative estimate of drug-likeness (QED) is 0.718. The molecule has 0 N–H and O–H groups in total. The van der Waals surface area contributed by atoms with Crippen molar-refractivity contribution in [2.24, 2.45) is 5.92 Å². The van der Waals surface area contributed by atoms with Crippen LogP contribution in [0.1, 0.15) is 18.4 Å². The predicted octanol–water partition coefficient (Wildman–Crippen LogP) is 3.16. The van der Waals surface area contributed by atoms with Crippen molar-refractivity contribution in [3.8, 4) is 0 Å². The minimum absolute atomic E-state index is 0.106. The van der Waals surface area contributed by atoms with Gasteiger partial charge in [-0.25, -0.2) is 8.78 Å². The minimum Gasteiger partial charge on any atom is -0.293 e. The highest BCUT2D eigenvalue weighted by Crippen LogP contribution is 2.30. The lowest BCUT2D eigenvalue weighted by Gasteiger charge is -2.21. The summed E-state index contributed by atoms with van der Waals surface area (Å²) >= 11 is 0. The van der Waals surface area contributed by atoms with Crippen LogP contribution in [0, 0.1) is 5.92 Å². The molecule has 1 saturated carbocycles. The average molecular weight is 225 g/mol. The first-order valence-corrected chi connectivity index (χ1v) is 5.78. The van der Waals surface area contributed by atoms with Gasteiger partial charge in [0.15, 0.2) is 0 Å². The Balaban J connectivity index is 1.90. The number of benzene rings is 1. The summed E-state index contributed by atoms with van der Waals surface area (Å²) in [6.07, 6.45) is 0.172. The van der Waals surface area contributed by atoms with Crippen LogP contribution in [0.4, 0.5) is 8.78 Å². The fourth-order valence-corrected chi connectivity index (χ4v) is 1.91. The summed E-state index contributed by atoms with van der Waals surface area (Å²) < 4.78 is 24.8. The zero-order valence-corrected chi connectivity index (χ0v) is 9.28. The molecule has 1 fully saturated rings. The first-order chi connectivity index (χ1) is 7.74. The van der Waals surface area contributed by atoms with Crippen molar-refractivity contribution in [2.45, 2.75) is 25.8 Å². The molecule has 0 atom stereocenters. The van der Waals surface area contributed by atoms with Crippen molar-refractivity contribution in [3.05, 3.63) is 35.9 Å². The van der Waals surface area contributed by atoms with Gasteiger partial charge in [0.25, 0.3) is 6.43 Å². The molecule has 0 spiro atoms. The molecule has 0 saturated heterocycles. The molecule has 0 bridgehead atoms. The third kappa shape index (κ3) is 3.89. The van der Waals surface area contributed by atoms with E-state index in [9.17, 15) is 8.78 Å². The van der Waals surface area contributed by atoms with Gasteiger partial charge in [0.1, 0.15) is 0 Å². The fourth-order valence-electron chi connectivity index (χ4n) is 1.91. The summed E-state index contributed by atoms with van der Waals surface area (Å²) in [5.41, 5.74) is 1.11. The van der Waals surface area contributed by atoms with Crippen molar-refractivity contribution in [1.82, 2.24) is 4.90 Å². The predicted molar refractivity (Wildman–Crippen MR) is 60.4 cm³/mol. The second-order valence-electron chi connectivity index (χ2n) is 4.51. The molecule has 1 aliphatic rings. The zero-order valence-electron chi connectivity index (χ0n) is 9.28. The van der Waals surface area contributed by atoms with Crippen molar-refractivity contribution < 1.29 is 8.78 Å². The van der Waals surface area contributed by atoms with Gasteiger partial charge in [0.2, 0.25) is 0 Å². The molecule has 88 valence electrons. The van der Waals surface area contributed by atoms with E-state index in [0.717, 1.165) is 12.1 Å². The first-order valence-electron chi connectivity index (χ1n) is 5.78. The second kappa shape index (κ2) is 5.39. The minimum atomic E-state index is -2.23. The van der Waals surface area contributed by atoms with E-state index >= 15 is 0 Å². The Kier molecular flexibility index (Phi) is 3.88. The average Bonchev–Trinajstić information content (AvgIpc) is 3.02. The maximum atomic E-state index is 12.4. The summed E-state index contributed by atoms with van der Waals surface area (Å²) in [6.45, 7) is 1.35. The van der Waals surface area contributed by atoms with Gasteiger partial charge < -0.3 is 0 Å². The summed E-state index contributed by atoms with van der Waals surface area (Å²) in [4.78, 5) is 1.87. The van der Waals surface area contributed by atoms with Crippen molar-refractivity contribution in [2.75, 3.05) is 13.1 Å². The third-order valence-electron chi connectivity index (χ3n) is 2.86. The van der Waals surface area contributed by atoms with Gasteiger partial charge in [-0.1, -0.05) is 30.3 Å². The topological polar surface area (TPSA) is 3.24 Å². The molecule has 0 aliphatic heterocycles. The number of alkyl halides is 2. The maximum absolute atomic E-state index is 12.4. The van der Waals surface area contributed by atoms with Crippen LogP contribution in [0.2, 0.25) is 0 Å². The van der Waals surface area contributed by atoms with Crippen LogP contribution in [-0.4, -0.2) is 24.4 Å². The van der Waals surface area contributed by atoms with Gasteiger partial charge in [-0.2, -0.15) is 0 Å². The lowest BCUT2D eigenvalue weighted by Crippen LogP contribution is -2.30. The molecule has 0 heterocycles. The third-order valence-corrected chi connectivity index (χ3v) is 2.86. The van der Waals surface area contributed by atoms with E-state index in [1.54, 1.807) is 0 Å². The van der Waals surface area contributed by atoms with Crippen LogP contribution in [0.15, 0.2) is 30.3 Å². The van der Waals surface area contributed by atoms with Crippen LogP contribution in [0.25, 0.3) is 0 Å². The van der Waals surface area contributed by atoms with Crippen LogP contribution >= 0.6 is 0 Å². The smallest absolute Gasteiger partial charge is 0.251 e. The standard InChI is InChI=1S/C13H17F2N/c14-13(15)10-16(9-12-6-7-12)8-11-4-2-1-3-5-11/h1-5,12-13H,6-10H2. The van der Waals surface area contributed by atoms with Gasteiger partial charge in [0, 0.05) is 13.1 Å². The van der Waals surface area contributed by atoms with Gasteiger partial charge >= 0.3 is 0 Å². The Bertz CT molecular complexity index is 305. The maximum Gasteiger partial charge on any atom is 0.251 e. The molecule has 0 radical (unpaired) electrons. The molecule has 1 nitrogen and oxygen atoms in total. The highest BCUT2D eigenvalue weighted by molar-refractivity contribution is 5.14. The molecule has 16 heavy (non-hydrogen) atoms. The molecule has 1 aromatic rings. The van der Waals surface area contributed by atoms with Crippen LogP contribution < -0.4 is 0 Å². The monoisotopic (exact) mass is 225 g/mol. The molecular weight excluding hydrogens is 208 g/mol. The van der Waals surface area contributed by atoms with E-state index in [0.29, 0.717) is 12.5 Å². The molecule has 2 rings (SSSR count). The Morgan fingerprint density at radius 3 is 2.44 bits per heavy atom. The zero-order chi connectivity index (χ0) is 11.4. The Morgan fingerprint density at radius 1 is 1.19 bits per heavy atom. The Hall–Kier alpha value is -0.960. The Morgan fingerprint density at radius 2 is 1.88 bits per heavy atom. The van der Waals surface area contributed by atoms with Crippen molar-refractivity contribution in [3.63, 3.8) is 0 Å². The largest absolute Gasteiger partial charge is 0.293 e. The molecule has 1 aromatic carbocycles. The molecular formula is C13H17F2N. The SMILES string of the molecule is FC(F)CN(Cc1ccccc1)CC1CC1. The van der Waals surface area contributed by atoms with E-state index < -0.39 is 6.43 Å². The number of nitrogens with zero attached hydrogens (tertiary/aromatic N) is 1. The summed E-state index contributed by atoms with van der Waals surface area (Å²) in [5.74, 6) is 0.655. The van der Waals surface area contributed by atoms with E-state index in [-0.39, 0.29) is 6.54 Å². The van der Waals surface area contributed by atoms with Crippen LogP contribution in [0.3, 0.4) is 0 Å². The van der Waals surface area contributed by atoms with Gasteiger partial charge in [-0.05, 0) is 24.3 Å². The number of halogens is 2. The lowest BCUT2D eigenvalue weighted by molar-refractivity contribution is 0.0822.